The van der Waals surface area contributed by atoms with Crippen LogP contribution < -0.4 is 5.32 Å². The number of urea groups is 1. The summed E-state index contributed by atoms with van der Waals surface area (Å²) in [5, 5.41) is 11.4. The third kappa shape index (κ3) is 7.85. The summed E-state index contributed by atoms with van der Waals surface area (Å²) < 4.78 is 0. The van der Waals surface area contributed by atoms with Gasteiger partial charge < -0.3 is 15.3 Å². The number of hydrogen-bond acceptors (Lipinski definition) is 3. The van der Waals surface area contributed by atoms with E-state index >= 15 is 0 Å². The minimum atomic E-state index is -0.905. The van der Waals surface area contributed by atoms with Gasteiger partial charge in [-0.25, -0.2) is 4.79 Å². The fraction of sp³-hybridized carbons (Fsp3) is 0.667. The van der Waals surface area contributed by atoms with E-state index in [1.807, 2.05) is 13.8 Å². The van der Waals surface area contributed by atoms with Crippen LogP contribution in [0.3, 0.4) is 0 Å². The number of carbonyl (C=O) groups excluding carboxylic acids is 1. The first-order valence-corrected chi connectivity index (χ1v) is 6.92. The van der Waals surface area contributed by atoms with Gasteiger partial charge in [0.2, 0.25) is 0 Å². The highest BCUT2D eigenvalue weighted by Gasteiger charge is 2.17. The average molecular weight is 272 g/mol. The van der Waals surface area contributed by atoms with Crippen LogP contribution in [0.5, 0.6) is 0 Å². The molecule has 0 fully saturated rings. The molecule has 102 valence electrons. The van der Waals surface area contributed by atoms with Crippen LogP contribution in [0.15, 0.2) is 0 Å². The Morgan fingerprint density at radius 1 is 1.50 bits per heavy atom. The Bertz CT molecular complexity index is 313. The average Bonchev–Trinajstić information content (AvgIpc) is 2.28. The summed E-state index contributed by atoms with van der Waals surface area (Å²) in [7, 11) is 0. The predicted molar refractivity (Wildman–Crippen MR) is 73.7 cm³/mol. The Hall–Kier alpha value is -1.35. The molecular formula is C12H20N2O3S. The number of carboxylic acid groups (broad SMARTS) is 1. The molecule has 2 N–H and O–H groups in total. The van der Waals surface area contributed by atoms with Gasteiger partial charge in [0.1, 0.15) is 0 Å². The van der Waals surface area contributed by atoms with Gasteiger partial charge >= 0.3 is 12.0 Å². The zero-order chi connectivity index (χ0) is 14.0. The van der Waals surface area contributed by atoms with Crippen molar-refractivity contribution in [2.24, 2.45) is 0 Å². The number of carboxylic acids is 1. The Kier molecular flexibility index (Phi) is 8.93. The van der Waals surface area contributed by atoms with Crippen molar-refractivity contribution in [2.45, 2.75) is 26.3 Å². The molecular weight excluding hydrogens is 252 g/mol. The van der Waals surface area contributed by atoms with Gasteiger partial charge in [-0.05, 0) is 13.8 Å². The lowest BCUT2D eigenvalue weighted by Crippen LogP contribution is -2.45. The highest BCUT2D eigenvalue weighted by atomic mass is 32.2. The number of rotatable bonds is 8. The Morgan fingerprint density at radius 3 is 2.67 bits per heavy atom. The van der Waals surface area contributed by atoms with Crippen molar-refractivity contribution in [1.82, 2.24) is 10.2 Å². The van der Waals surface area contributed by atoms with Crippen LogP contribution in [-0.4, -0.2) is 52.6 Å². The zero-order valence-corrected chi connectivity index (χ0v) is 11.6. The highest BCUT2D eigenvalue weighted by molar-refractivity contribution is 7.99. The van der Waals surface area contributed by atoms with Gasteiger partial charge in [0.15, 0.2) is 0 Å². The van der Waals surface area contributed by atoms with Crippen molar-refractivity contribution < 1.29 is 14.7 Å². The Morgan fingerprint density at radius 2 is 2.17 bits per heavy atom. The lowest BCUT2D eigenvalue weighted by molar-refractivity contribution is -0.137. The van der Waals surface area contributed by atoms with E-state index in [1.54, 1.807) is 11.8 Å². The number of nitrogens with one attached hydrogen (secondary N) is 1. The second kappa shape index (κ2) is 9.66. The smallest absolute Gasteiger partial charge is 0.317 e. The van der Waals surface area contributed by atoms with E-state index in [-0.39, 0.29) is 25.0 Å². The molecule has 6 heteroatoms. The molecule has 0 saturated heterocycles. The minimum absolute atomic E-state index is 0.0253. The standard InChI is InChI=1S/C12H20N2O3S/c1-4-8-18-9-6-13-12(17)14(10(2)3)7-5-11(15)16/h1,10H,5-9H2,2-3H3,(H,13,17)(H,15,16). The number of hydrogen-bond donors (Lipinski definition) is 2. The van der Waals surface area contributed by atoms with Crippen molar-refractivity contribution in [3.05, 3.63) is 0 Å². The van der Waals surface area contributed by atoms with Crippen LogP contribution in [0.4, 0.5) is 4.79 Å². The normalized spacial score (nSPS) is 9.89. The molecule has 5 nitrogen and oxygen atoms in total. The number of nitrogens with zero attached hydrogens (tertiary/aromatic N) is 1. The van der Waals surface area contributed by atoms with Gasteiger partial charge in [0, 0.05) is 24.9 Å². The first-order valence-electron chi connectivity index (χ1n) is 5.76. The van der Waals surface area contributed by atoms with Gasteiger partial charge in [-0.1, -0.05) is 5.92 Å². The van der Waals surface area contributed by atoms with Gasteiger partial charge in [0.05, 0.1) is 12.2 Å². The summed E-state index contributed by atoms with van der Waals surface area (Å²) in [4.78, 5) is 23.8. The van der Waals surface area contributed by atoms with Crippen molar-refractivity contribution in [2.75, 3.05) is 24.6 Å². The summed E-state index contributed by atoms with van der Waals surface area (Å²) >= 11 is 1.57. The molecule has 0 spiro atoms. The molecule has 0 unspecified atom stereocenters. The van der Waals surface area contributed by atoms with Crippen molar-refractivity contribution in [3.8, 4) is 12.3 Å². The van der Waals surface area contributed by atoms with Gasteiger partial charge in [-0.15, -0.1) is 18.2 Å². The van der Waals surface area contributed by atoms with Crippen LogP contribution in [0.25, 0.3) is 0 Å². The molecule has 18 heavy (non-hydrogen) atoms. The third-order valence-corrected chi connectivity index (χ3v) is 3.02. The van der Waals surface area contributed by atoms with E-state index in [9.17, 15) is 9.59 Å². The second-order valence-corrected chi connectivity index (χ2v) is 5.02. The van der Waals surface area contributed by atoms with E-state index in [2.05, 4.69) is 11.2 Å². The third-order valence-electron chi connectivity index (χ3n) is 2.16. The largest absolute Gasteiger partial charge is 0.481 e. The predicted octanol–water partition coefficient (Wildman–Crippen LogP) is 1.25. The molecule has 2 amide bonds. The molecule has 0 rings (SSSR count). The van der Waals surface area contributed by atoms with E-state index in [0.29, 0.717) is 12.3 Å². The maximum Gasteiger partial charge on any atom is 0.317 e. The number of thioether (sulfide) groups is 1. The topological polar surface area (TPSA) is 69.6 Å². The fourth-order valence-electron chi connectivity index (χ4n) is 1.27. The quantitative estimate of drug-likeness (QED) is 0.515. The van der Waals surface area contributed by atoms with E-state index in [0.717, 1.165) is 5.75 Å². The van der Waals surface area contributed by atoms with Gasteiger partial charge in [0.25, 0.3) is 0 Å². The zero-order valence-electron chi connectivity index (χ0n) is 10.8. The SMILES string of the molecule is C#CCSCCNC(=O)N(CCC(=O)O)C(C)C. The van der Waals surface area contributed by atoms with Crippen molar-refractivity contribution >= 4 is 23.8 Å². The number of carbonyl (C=O) groups is 2. The van der Waals surface area contributed by atoms with Gasteiger partial charge in [-0.3, -0.25) is 4.79 Å². The number of aliphatic carboxylic acids is 1. The summed E-state index contributed by atoms with van der Waals surface area (Å²) in [5.74, 6) is 2.98. The molecule has 0 aromatic rings. The maximum absolute atomic E-state index is 11.8. The molecule has 0 aromatic carbocycles. The molecule has 0 saturated carbocycles. The number of amides is 2. The lowest BCUT2D eigenvalue weighted by Gasteiger charge is -2.26. The van der Waals surface area contributed by atoms with E-state index < -0.39 is 5.97 Å². The van der Waals surface area contributed by atoms with Crippen LogP contribution in [0.1, 0.15) is 20.3 Å². The Balaban J connectivity index is 3.99. The van der Waals surface area contributed by atoms with Gasteiger partial charge in [-0.2, -0.15) is 0 Å². The summed E-state index contributed by atoms with van der Waals surface area (Å²) in [6, 6.07) is -0.254. The summed E-state index contributed by atoms with van der Waals surface area (Å²) in [5.41, 5.74) is 0. The Labute approximate surface area is 112 Å². The maximum atomic E-state index is 11.8. The molecule has 0 heterocycles. The summed E-state index contributed by atoms with van der Waals surface area (Å²) in [6.07, 6.45) is 5.06. The van der Waals surface area contributed by atoms with Crippen LogP contribution in [0.2, 0.25) is 0 Å². The molecule has 0 aliphatic heterocycles. The molecule has 0 bridgehead atoms. The molecule has 0 aliphatic rings. The molecule has 0 aromatic heterocycles. The highest BCUT2D eigenvalue weighted by Crippen LogP contribution is 2.01. The van der Waals surface area contributed by atoms with E-state index in [4.69, 9.17) is 11.5 Å². The van der Waals surface area contributed by atoms with Crippen LogP contribution >= 0.6 is 11.8 Å². The minimum Gasteiger partial charge on any atom is -0.481 e. The molecule has 0 aliphatic carbocycles. The summed E-state index contributed by atoms with van der Waals surface area (Å²) in [6.45, 7) is 4.46. The lowest BCUT2D eigenvalue weighted by atomic mass is 10.3. The number of terminal acetylenes is 1. The van der Waals surface area contributed by atoms with Crippen molar-refractivity contribution in [1.29, 1.82) is 0 Å². The monoisotopic (exact) mass is 272 g/mol. The van der Waals surface area contributed by atoms with Crippen molar-refractivity contribution in [3.63, 3.8) is 0 Å². The van der Waals surface area contributed by atoms with Crippen LogP contribution in [0, 0.1) is 12.3 Å². The first-order chi connectivity index (χ1) is 8.49. The second-order valence-electron chi connectivity index (χ2n) is 3.92. The fourth-order valence-corrected chi connectivity index (χ4v) is 1.78. The van der Waals surface area contributed by atoms with E-state index in [1.165, 1.54) is 4.90 Å². The first kappa shape index (κ1) is 16.6. The van der Waals surface area contributed by atoms with Crippen LogP contribution in [-0.2, 0) is 4.79 Å². The molecule has 0 atom stereocenters. The molecule has 0 radical (unpaired) electrons.